The molecular weight excluding hydrogens is 437 g/mol. The van der Waals surface area contributed by atoms with Crippen molar-refractivity contribution in [3.05, 3.63) is 76.5 Å². The highest BCUT2D eigenvalue weighted by Gasteiger charge is 2.35. The Balaban J connectivity index is 1.46. The molecule has 1 aliphatic rings. The molecule has 1 saturated carbocycles. The summed E-state index contributed by atoms with van der Waals surface area (Å²) in [6.07, 6.45) is 2.50. The van der Waals surface area contributed by atoms with Crippen LogP contribution in [0.4, 0.5) is 15.0 Å². The number of halogens is 2. The van der Waals surface area contributed by atoms with E-state index in [4.69, 9.17) is 16.7 Å². The summed E-state index contributed by atoms with van der Waals surface area (Å²) in [4.78, 5) is 27.5. The van der Waals surface area contributed by atoms with E-state index in [9.17, 15) is 14.0 Å². The highest BCUT2D eigenvalue weighted by atomic mass is 35.5. The van der Waals surface area contributed by atoms with Crippen LogP contribution in [-0.4, -0.2) is 37.9 Å². The van der Waals surface area contributed by atoms with Crippen molar-refractivity contribution < 1.29 is 19.1 Å². The zero-order valence-electron chi connectivity index (χ0n) is 16.5. The van der Waals surface area contributed by atoms with Crippen LogP contribution in [-0.2, 0) is 0 Å². The number of carbonyl (C=O) groups is 2. The number of pyridine rings is 1. The Kier molecular flexibility index (Phi) is 6.05. The van der Waals surface area contributed by atoms with E-state index < -0.39 is 17.8 Å². The second-order valence-corrected chi connectivity index (χ2v) is 7.59. The van der Waals surface area contributed by atoms with Gasteiger partial charge >= 0.3 is 6.09 Å². The van der Waals surface area contributed by atoms with E-state index >= 15 is 0 Å². The normalized spacial score (nSPS) is 16.9. The van der Waals surface area contributed by atoms with Gasteiger partial charge in [0, 0.05) is 23.4 Å². The molecule has 2 heterocycles. The molecule has 3 N–H and O–H groups in total. The Labute approximate surface area is 187 Å². The summed E-state index contributed by atoms with van der Waals surface area (Å²) in [6, 6.07) is 10.0. The molecule has 2 aromatic heterocycles. The average Bonchev–Trinajstić information content (AvgIpc) is 3.12. The number of anilines is 1. The molecular formula is C22H17ClFN5O3. The summed E-state index contributed by atoms with van der Waals surface area (Å²) < 4.78 is 15.9. The summed E-state index contributed by atoms with van der Waals surface area (Å²) in [5, 5.41) is 17.8. The standard InChI is InChI=1S/C22H17ClFN5O3/c23-17-12-26-29(16-9-15(10-16)27-22(31)32)19(17)21(30)28-20-18(24)8-14(11-25-20)7-6-13-4-2-1-3-5-13/h1-5,8,11-12,15-16,27H,9-10H2,(H,31,32)(H,25,28,30)/t15-,16+. The Morgan fingerprint density at radius 1 is 1.16 bits per heavy atom. The molecule has 10 heteroatoms. The first-order valence-electron chi connectivity index (χ1n) is 9.67. The Hall–Kier alpha value is -3.90. The number of amides is 2. The maximum Gasteiger partial charge on any atom is 0.404 e. The third-order valence-corrected chi connectivity index (χ3v) is 5.23. The predicted octanol–water partition coefficient (Wildman–Crippen LogP) is 3.69. The summed E-state index contributed by atoms with van der Waals surface area (Å²) in [5.41, 5.74) is 1.20. The summed E-state index contributed by atoms with van der Waals surface area (Å²) in [5.74, 6) is 4.07. The first kappa shape index (κ1) is 21.3. The first-order chi connectivity index (χ1) is 15.4. The van der Waals surface area contributed by atoms with Crippen molar-refractivity contribution in [3.63, 3.8) is 0 Å². The van der Waals surface area contributed by atoms with Crippen LogP contribution in [0.2, 0.25) is 5.02 Å². The molecule has 0 radical (unpaired) electrons. The molecule has 0 unspecified atom stereocenters. The minimum absolute atomic E-state index is 0.0552. The minimum Gasteiger partial charge on any atom is -0.465 e. The van der Waals surface area contributed by atoms with Crippen LogP contribution in [0.5, 0.6) is 0 Å². The van der Waals surface area contributed by atoms with Crippen molar-refractivity contribution >= 4 is 29.4 Å². The van der Waals surface area contributed by atoms with Crippen LogP contribution in [0.1, 0.15) is 40.5 Å². The molecule has 8 nitrogen and oxygen atoms in total. The van der Waals surface area contributed by atoms with Crippen molar-refractivity contribution in [1.29, 1.82) is 0 Å². The molecule has 3 aromatic rings. The number of hydrogen-bond donors (Lipinski definition) is 3. The molecule has 1 aliphatic carbocycles. The minimum atomic E-state index is -1.11. The van der Waals surface area contributed by atoms with Gasteiger partial charge in [-0.05, 0) is 31.0 Å². The average molecular weight is 454 g/mol. The molecule has 1 aromatic carbocycles. The fraction of sp³-hybridized carbons (Fsp3) is 0.182. The fourth-order valence-corrected chi connectivity index (χ4v) is 3.56. The zero-order valence-corrected chi connectivity index (χ0v) is 17.3. The Morgan fingerprint density at radius 2 is 1.88 bits per heavy atom. The van der Waals surface area contributed by atoms with E-state index in [2.05, 4.69) is 32.6 Å². The number of hydrogen-bond acceptors (Lipinski definition) is 4. The lowest BCUT2D eigenvalue weighted by molar-refractivity contribution is 0.0997. The number of aromatic nitrogens is 3. The van der Waals surface area contributed by atoms with Gasteiger partial charge in [0.05, 0.1) is 17.3 Å². The summed E-state index contributed by atoms with van der Waals surface area (Å²) in [6.45, 7) is 0. The molecule has 0 saturated heterocycles. The SMILES string of the molecule is O=C(O)N[C@H]1C[C@@H](n2ncc(Cl)c2C(=O)Nc2ncc(C#Cc3ccccc3)cc2F)C1. The van der Waals surface area contributed by atoms with Gasteiger partial charge in [-0.25, -0.2) is 14.2 Å². The van der Waals surface area contributed by atoms with E-state index in [1.54, 1.807) is 0 Å². The van der Waals surface area contributed by atoms with Crippen molar-refractivity contribution in [2.45, 2.75) is 24.9 Å². The maximum absolute atomic E-state index is 14.5. The second-order valence-electron chi connectivity index (χ2n) is 7.18. The summed E-state index contributed by atoms with van der Waals surface area (Å²) in [7, 11) is 0. The first-order valence-corrected chi connectivity index (χ1v) is 10.0. The highest BCUT2D eigenvalue weighted by Crippen LogP contribution is 2.34. The topological polar surface area (TPSA) is 109 Å². The number of nitrogens with one attached hydrogen (secondary N) is 2. The van der Waals surface area contributed by atoms with Gasteiger partial charge in [-0.3, -0.25) is 9.48 Å². The molecule has 1 fully saturated rings. The Bertz CT molecular complexity index is 1230. The second kappa shape index (κ2) is 9.08. The molecule has 2 amide bonds. The van der Waals surface area contributed by atoms with Gasteiger partial charge in [-0.2, -0.15) is 5.10 Å². The smallest absolute Gasteiger partial charge is 0.404 e. The lowest BCUT2D eigenvalue weighted by Gasteiger charge is -2.35. The van der Waals surface area contributed by atoms with Crippen molar-refractivity contribution in [3.8, 4) is 11.8 Å². The van der Waals surface area contributed by atoms with Crippen LogP contribution < -0.4 is 10.6 Å². The highest BCUT2D eigenvalue weighted by molar-refractivity contribution is 6.34. The lowest BCUT2D eigenvalue weighted by atomic mass is 9.87. The van der Waals surface area contributed by atoms with E-state index in [0.717, 1.165) is 5.56 Å². The number of rotatable bonds is 4. The maximum atomic E-state index is 14.5. The van der Waals surface area contributed by atoms with Gasteiger partial charge in [0.25, 0.3) is 5.91 Å². The number of benzene rings is 1. The van der Waals surface area contributed by atoms with Crippen molar-refractivity contribution in [2.75, 3.05) is 5.32 Å². The lowest BCUT2D eigenvalue weighted by Crippen LogP contribution is -2.45. The number of carbonyl (C=O) groups excluding carboxylic acids is 1. The predicted molar refractivity (Wildman–Crippen MR) is 115 cm³/mol. The van der Waals surface area contributed by atoms with Gasteiger partial charge in [-0.1, -0.05) is 41.6 Å². The molecule has 162 valence electrons. The van der Waals surface area contributed by atoms with Crippen LogP contribution in [0.15, 0.2) is 48.8 Å². The monoisotopic (exact) mass is 453 g/mol. The number of carboxylic acid groups (broad SMARTS) is 1. The number of nitrogens with zero attached hydrogens (tertiary/aromatic N) is 3. The van der Waals surface area contributed by atoms with E-state index in [0.29, 0.717) is 18.4 Å². The largest absolute Gasteiger partial charge is 0.465 e. The van der Waals surface area contributed by atoms with E-state index in [1.807, 2.05) is 30.3 Å². The van der Waals surface area contributed by atoms with Gasteiger partial charge in [0.1, 0.15) is 5.69 Å². The summed E-state index contributed by atoms with van der Waals surface area (Å²) >= 11 is 6.13. The van der Waals surface area contributed by atoms with E-state index in [1.165, 1.54) is 23.1 Å². The van der Waals surface area contributed by atoms with Crippen LogP contribution >= 0.6 is 11.6 Å². The molecule has 4 rings (SSSR count). The van der Waals surface area contributed by atoms with Crippen molar-refractivity contribution in [1.82, 2.24) is 20.1 Å². The fourth-order valence-electron chi connectivity index (χ4n) is 3.34. The third kappa shape index (κ3) is 4.71. The molecule has 0 aliphatic heterocycles. The third-order valence-electron chi connectivity index (χ3n) is 4.95. The van der Waals surface area contributed by atoms with Gasteiger partial charge in [0.2, 0.25) is 0 Å². The van der Waals surface area contributed by atoms with Crippen molar-refractivity contribution in [2.24, 2.45) is 0 Å². The van der Waals surface area contributed by atoms with E-state index in [-0.39, 0.29) is 28.6 Å². The quantitative estimate of drug-likeness (QED) is 0.522. The zero-order chi connectivity index (χ0) is 22.7. The van der Waals surface area contributed by atoms with Gasteiger partial charge in [-0.15, -0.1) is 0 Å². The Morgan fingerprint density at radius 3 is 2.56 bits per heavy atom. The van der Waals surface area contributed by atoms with Crippen LogP contribution in [0.3, 0.4) is 0 Å². The van der Waals surface area contributed by atoms with Gasteiger partial charge in [0.15, 0.2) is 11.6 Å². The van der Waals surface area contributed by atoms with Crippen LogP contribution in [0.25, 0.3) is 0 Å². The molecule has 0 spiro atoms. The molecule has 32 heavy (non-hydrogen) atoms. The van der Waals surface area contributed by atoms with Gasteiger partial charge < -0.3 is 15.7 Å². The van der Waals surface area contributed by atoms with Crippen LogP contribution in [0, 0.1) is 17.7 Å². The molecule has 0 bridgehead atoms. The molecule has 0 atom stereocenters.